The van der Waals surface area contributed by atoms with Crippen LogP contribution in [0.2, 0.25) is 0 Å². The maximum absolute atomic E-state index is 13.2. The summed E-state index contributed by atoms with van der Waals surface area (Å²) in [6.07, 6.45) is 1.54. The fraction of sp³-hybridized carbons (Fsp3) is 0.429. The van der Waals surface area contributed by atoms with Crippen LogP contribution in [0.5, 0.6) is 11.5 Å². The molecule has 0 aromatic heterocycles. The second-order valence-corrected chi connectivity index (χ2v) is 9.20. The number of rotatable bonds is 9. The van der Waals surface area contributed by atoms with Crippen LogP contribution in [0.25, 0.3) is 5.76 Å². The van der Waals surface area contributed by atoms with Gasteiger partial charge in [-0.25, -0.2) is 0 Å². The van der Waals surface area contributed by atoms with E-state index < -0.39 is 17.7 Å². The number of unbranched alkanes of at least 4 members (excludes halogenated alkanes) is 1. The monoisotopic (exact) mass is 465 g/mol. The van der Waals surface area contributed by atoms with Gasteiger partial charge in [-0.05, 0) is 70.9 Å². The van der Waals surface area contributed by atoms with Crippen molar-refractivity contribution < 1.29 is 24.2 Å². The molecular weight excluding hydrogens is 430 g/mol. The number of Topliss-reactive ketones (excluding diaryl/α,β-unsaturated/α-hetero) is 1. The molecule has 1 amide bonds. The van der Waals surface area contributed by atoms with Crippen molar-refractivity contribution in [1.29, 1.82) is 0 Å². The van der Waals surface area contributed by atoms with Gasteiger partial charge >= 0.3 is 0 Å². The highest BCUT2D eigenvalue weighted by molar-refractivity contribution is 6.46. The number of aryl methyl sites for hydroxylation is 1. The molecule has 1 N–H and O–H groups in total. The van der Waals surface area contributed by atoms with Crippen LogP contribution in [-0.2, 0) is 9.59 Å². The summed E-state index contributed by atoms with van der Waals surface area (Å²) >= 11 is 0. The number of carbonyl (C=O) groups is 2. The molecule has 1 aliphatic rings. The predicted molar refractivity (Wildman–Crippen MR) is 133 cm³/mol. The third-order valence-corrected chi connectivity index (χ3v) is 5.68. The van der Waals surface area contributed by atoms with Gasteiger partial charge in [0.05, 0.1) is 23.8 Å². The van der Waals surface area contributed by atoms with E-state index in [2.05, 4.69) is 0 Å². The number of nitrogens with zero attached hydrogens (tertiary/aromatic N) is 1. The highest BCUT2D eigenvalue weighted by atomic mass is 16.5. The molecule has 2 aromatic rings. The van der Waals surface area contributed by atoms with Crippen LogP contribution < -0.4 is 9.47 Å². The van der Waals surface area contributed by atoms with E-state index in [1.165, 1.54) is 0 Å². The second-order valence-electron chi connectivity index (χ2n) is 9.20. The van der Waals surface area contributed by atoms with E-state index in [4.69, 9.17) is 9.47 Å². The zero-order valence-corrected chi connectivity index (χ0v) is 20.9. The van der Waals surface area contributed by atoms with Gasteiger partial charge in [-0.2, -0.15) is 0 Å². The summed E-state index contributed by atoms with van der Waals surface area (Å²) in [5, 5.41) is 11.4. The van der Waals surface area contributed by atoms with Crippen LogP contribution >= 0.6 is 0 Å². The summed E-state index contributed by atoms with van der Waals surface area (Å²) in [7, 11) is 0. The van der Waals surface area contributed by atoms with Gasteiger partial charge < -0.3 is 19.5 Å². The summed E-state index contributed by atoms with van der Waals surface area (Å²) in [5.74, 6) is -0.175. The summed E-state index contributed by atoms with van der Waals surface area (Å²) in [6, 6.07) is 11.9. The lowest BCUT2D eigenvalue weighted by Crippen LogP contribution is -2.31. The molecule has 1 aliphatic heterocycles. The average molecular weight is 466 g/mol. The molecule has 3 rings (SSSR count). The van der Waals surface area contributed by atoms with Gasteiger partial charge in [0.15, 0.2) is 0 Å². The van der Waals surface area contributed by atoms with Gasteiger partial charge in [-0.15, -0.1) is 0 Å². The van der Waals surface area contributed by atoms with Gasteiger partial charge in [0.2, 0.25) is 0 Å². The molecule has 0 saturated carbocycles. The molecule has 2 aromatic carbocycles. The Morgan fingerprint density at radius 3 is 2.26 bits per heavy atom. The minimum Gasteiger partial charge on any atom is -0.507 e. The Labute approximate surface area is 202 Å². The van der Waals surface area contributed by atoms with Crippen molar-refractivity contribution in [3.63, 3.8) is 0 Å². The predicted octanol–water partition coefficient (Wildman–Crippen LogP) is 5.79. The standard InChI is InChI=1S/C28H35NO5/c1-7-8-15-29-25(21-11-9-10-12-23(21)34-18(4)5)24(27(31)28(29)32)26(30)20-13-14-22(19(6)16-20)33-17(2)3/h9-14,16-18,25,30H,7-8,15H2,1-6H3/b26-24-. The number of benzene rings is 2. The number of aliphatic hydroxyl groups excluding tert-OH is 1. The Hall–Kier alpha value is -3.28. The summed E-state index contributed by atoms with van der Waals surface area (Å²) < 4.78 is 11.8. The van der Waals surface area contributed by atoms with Crippen molar-refractivity contribution in [2.75, 3.05) is 6.54 Å². The smallest absolute Gasteiger partial charge is 0.295 e. The Balaban J connectivity index is 2.17. The fourth-order valence-electron chi connectivity index (χ4n) is 4.17. The van der Waals surface area contributed by atoms with E-state index in [9.17, 15) is 14.7 Å². The molecule has 1 saturated heterocycles. The number of aliphatic hydroxyl groups is 1. The van der Waals surface area contributed by atoms with Crippen LogP contribution in [0.15, 0.2) is 48.0 Å². The molecule has 0 radical (unpaired) electrons. The normalized spacial score (nSPS) is 17.6. The minimum absolute atomic E-state index is 0.0134. The van der Waals surface area contributed by atoms with Crippen LogP contribution in [0.4, 0.5) is 0 Å². The molecule has 182 valence electrons. The van der Waals surface area contributed by atoms with E-state index in [1.54, 1.807) is 23.1 Å². The first kappa shape index (κ1) is 25.3. The van der Waals surface area contributed by atoms with Crippen molar-refractivity contribution >= 4 is 17.4 Å². The molecule has 1 unspecified atom stereocenters. The largest absolute Gasteiger partial charge is 0.507 e. The highest BCUT2D eigenvalue weighted by Gasteiger charge is 2.46. The van der Waals surface area contributed by atoms with Gasteiger partial charge in [0.25, 0.3) is 11.7 Å². The third-order valence-electron chi connectivity index (χ3n) is 5.68. The quantitative estimate of drug-likeness (QED) is 0.288. The number of para-hydroxylation sites is 1. The number of amides is 1. The molecule has 1 fully saturated rings. The average Bonchev–Trinajstić information content (AvgIpc) is 3.03. The molecule has 0 bridgehead atoms. The Morgan fingerprint density at radius 1 is 1.00 bits per heavy atom. The number of likely N-dealkylation sites (tertiary alicyclic amines) is 1. The van der Waals surface area contributed by atoms with Crippen LogP contribution in [0.3, 0.4) is 0 Å². The molecule has 34 heavy (non-hydrogen) atoms. The summed E-state index contributed by atoms with van der Waals surface area (Å²) in [6.45, 7) is 12.1. The Morgan fingerprint density at radius 2 is 1.65 bits per heavy atom. The second kappa shape index (κ2) is 10.8. The van der Waals surface area contributed by atoms with E-state index >= 15 is 0 Å². The van der Waals surface area contributed by atoms with Crippen molar-refractivity contribution in [2.45, 2.75) is 72.6 Å². The van der Waals surface area contributed by atoms with Crippen molar-refractivity contribution in [3.8, 4) is 11.5 Å². The number of ketones is 1. The Kier molecular flexibility index (Phi) is 8.02. The SMILES string of the molecule is CCCCN1C(=O)C(=O)/C(=C(\O)c2ccc(OC(C)C)c(C)c2)C1c1ccccc1OC(C)C. The van der Waals surface area contributed by atoms with Crippen molar-refractivity contribution in [2.24, 2.45) is 0 Å². The zero-order valence-electron chi connectivity index (χ0n) is 20.9. The molecule has 1 atom stereocenters. The maximum Gasteiger partial charge on any atom is 0.295 e. The first-order valence-corrected chi connectivity index (χ1v) is 12.0. The van der Waals surface area contributed by atoms with Gasteiger partial charge in [-0.3, -0.25) is 9.59 Å². The third kappa shape index (κ3) is 5.27. The Bertz CT molecular complexity index is 1090. The lowest BCUT2D eigenvalue weighted by atomic mass is 9.94. The van der Waals surface area contributed by atoms with E-state index in [0.29, 0.717) is 29.2 Å². The highest BCUT2D eigenvalue weighted by Crippen LogP contribution is 2.43. The lowest BCUT2D eigenvalue weighted by Gasteiger charge is -2.27. The molecular formula is C28H35NO5. The number of carbonyl (C=O) groups excluding carboxylic acids is 2. The first-order valence-electron chi connectivity index (χ1n) is 12.0. The van der Waals surface area contributed by atoms with Crippen molar-refractivity contribution in [3.05, 3.63) is 64.7 Å². The zero-order chi connectivity index (χ0) is 25.0. The van der Waals surface area contributed by atoms with E-state index in [-0.39, 0.29) is 23.5 Å². The van der Waals surface area contributed by atoms with Crippen LogP contribution in [-0.4, -0.2) is 40.4 Å². The number of hydrogen-bond donors (Lipinski definition) is 1. The minimum atomic E-state index is -0.728. The first-order chi connectivity index (χ1) is 16.1. The van der Waals surface area contributed by atoms with Crippen LogP contribution in [0.1, 0.15) is 70.2 Å². The summed E-state index contributed by atoms with van der Waals surface area (Å²) in [5.41, 5.74) is 2.06. The molecule has 6 heteroatoms. The van der Waals surface area contributed by atoms with Crippen molar-refractivity contribution in [1.82, 2.24) is 4.90 Å². The van der Waals surface area contributed by atoms with E-state index in [1.807, 2.05) is 65.8 Å². The van der Waals surface area contributed by atoms with E-state index in [0.717, 1.165) is 18.4 Å². The summed E-state index contributed by atoms with van der Waals surface area (Å²) in [4.78, 5) is 27.9. The lowest BCUT2D eigenvalue weighted by molar-refractivity contribution is -0.139. The van der Waals surface area contributed by atoms with Gasteiger partial charge in [0.1, 0.15) is 17.3 Å². The maximum atomic E-state index is 13.2. The fourth-order valence-corrected chi connectivity index (χ4v) is 4.17. The molecule has 1 heterocycles. The topological polar surface area (TPSA) is 76.1 Å². The number of ether oxygens (including phenoxy) is 2. The molecule has 0 spiro atoms. The number of hydrogen-bond acceptors (Lipinski definition) is 5. The van der Waals surface area contributed by atoms with Gasteiger partial charge in [0, 0.05) is 17.7 Å². The molecule has 0 aliphatic carbocycles. The van der Waals surface area contributed by atoms with Gasteiger partial charge in [-0.1, -0.05) is 31.5 Å². The van der Waals surface area contributed by atoms with Crippen LogP contribution in [0, 0.1) is 6.92 Å². The molecule has 6 nitrogen and oxygen atoms in total.